The zero-order valence-corrected chi connectivity index (χ0v) is 14.3. The molecule has 1 fully saturated rings. The highest BCUT2D eigenvalue weighted by Crippen LogP contribution is 2.29. The summed E-state index contributed by atoms with van der Waals surface area (Å²) in [5.74, 6) is 0.913. The zero-order chi connectivity index (χ0) is 15.1. The van der Waals surface area contributed by atoms with E-state index in [1.807, 2.05) is 6.07 Å². The molecule has 0 aliphatic carbocycles. The lowest BCUT2D eigenvalue weighted by molar-refractivity contribution is 0.435. The molecule has 1 unspecified atom stereocenters. The van der Waals surface area contributed by atoms with Crippen LogP contribution in [0.4, 0.5) is 5.69 Å². The Labute approximate surface area is 134 Å². The van der Waals surface area contributed by atoms with Crippen LogP contribution < -0.4 is 10.2 Å². The van der Waals surface area contributed by atoms with E-state index in [-0.39, 0.29) is 0 Å². The van der Waals surface area contributed by atoms with Crippen LogP contribution in [0.25, 0.3) is 0 Å². The molecule has 2 nitrogen and oxygen atoms in total. The highest BCUT2D eigenvalue weighted by Gasteiger charge is 2.18. The van der Waals surface area contributed by atoms with Crippen LogP contribution in [-0.2, 0) is 6.54 Å². The van der Waals surface area contributed by atoms with E-state index in [4.69, 9.17) is 11.6 Å². The molecule has 0 spiro atoms. The van der Waals surface area contributed by atoms with Crippen molar-refractivity contribution in [2.24, 2.45) is 5.92 Å². The molecule has 1 N–H and O–H groups in total. The lowest BCUT2D eigenvalue weighted by Crippen LogP contribution is -2.26. The smallest absolute Gasteiger partial charge is 0.0426 e. The summed E-state index contributed by atoms with van der Waals surface area (Å²) in [6.45, 7) is 8.72. The molecule has 1 saturated heterocycles. The Balaban J connectivity index is 2.10. The molecule has 1 aromatic rings. The van der Waals surface area contributed by atoms with Crippen molar-refractivity contribution >= 4 is 17.3 Å². The Morgan fingerprint density at radius 2 is 2.10 bits per heavy atom. The van der Waals surface area contributed by atoms with Crippen LogP contribution in [0.15, 0.2) is 18.2 Å². The van der Waals surface area contributed by atoms with E-state index in [2.05, 4.69) is 36.2 Å². The lowest BCUT2D eigenvalue weighted by Gasteiger charge is -2.26. The van der Waals surface area contributed by atoms with Crippen molar-refractivity contribution in [2.45, 2.75) is 52.5 Å². The maximum absolute atomic E-state index is 6.24. The van der Waals surface area contributed by atoms with Crippen molar-refractivity contribution in [3.63, 3.8) is 0 Å². The van der Waals surface area contributed by atoms with Crippen LogP contribution in [-0.4, -0.2) is 19.6 Å². The highest BCUT2D eigenvalue weighted by atomic mass is 35.5. The summed E-state index contributed by atoms with van der Waals surface area (Å²) >= 11 is 6.24. The molecule has 1 aliphatic heterocycles. The molecule has 1 aliphatic rings. The summed E-state index contributed by atoms with van der Waals surface area (Å²) in [7, 11) is 0. The van der Waals surface area contributed by atoms with Crippen molar-refractivity contribution in [2.75, 3.05) is 24.5 Å². The van der Waals surface area contributed by atoms with E-state index in [1.54, 1.807) is 0 Å². The van der Waals surface area contributed by atoms with Crippen LogP contribution in [0.1, 0.15) is 51.5 Å². The molecule has 0 bridgehead atoms. The predicted octanol–water partition coefficient (Wildman–Crippen LogP) is 4.86. The molecule has 2 rings (SSSR count). The van der Waals surface area contributed by atoms with Gasteiger partial charge in [0.2, 0.25) is 0 Å². The second kappa shape index (κ2) is 8.65. The number of rotatable bonds is 6. The average Bonchev–Trinajstić information content (AvgIpc) is 2.72. The van der Waals surface area contributed by atoms with E-state index in [9.17, 15) is 0 Å². The third-order valence-electron chi connectivity index (χ3n) is 4.50. The van der Waals surface area contributed by atoms with E-state index < -0.39 is 0 Å². The quantitative estimate of drug-likeness (QED) is 0.807. The van der Waals surface area contributed by atoms with Gasteiger partial charge in [0, 0.05) is 30.3 Å². The Bertz CT molecular complexity index is 433. The number of nitrogens with one attached hydrogen (secondary N) is 1. The SMILES string of the molecule is CCCC1CCCN(c2cc(Cl)ccc2CNCC)CC1. The van der Waals surface area contributed by atoms with E-state index in [0.717, 1.165) is 24.0 Å². The number of benzene rings is 1. The summed E-state index contributed by atoms with van der Waals surface area (Å²) in [5, 5.41) is 4.29. The van der Waals surface area contributed by atoms with Crippen molar-refractivity contribution in [3.8, 4) is 0 Å². The molecule has 3 heteroatoms. The van der Waals surface area contributed by atoms with Gasteiger partial charge >= 0.3 is 0 Å². The Hall–Kier alpha value is -0.730. The first kappa shape index (κ1) is 16.6. The molecule has 0 aromatic heterocycles. The van der Waals surface area contributed by atoms with Crippen LogP contribution in [0.5, 0.6) is 0 Å². The number of hydrogen-bond acceptors (Lipinski definition) is 2. The Kier molecular flexibility index (Phi) is 6.85. The monoisotopic (exact) mass is 308 g/mol. The molecule has 1 heterocycles. The summed E-state index contributed by atoms with van der Waals surface area (Å²) in [5.41, 5.74) is 2.70. The molecular weight excluding hydrogens is 280 g/mol. The van der Waals surface area contributed by atoms with Crippen LogP contribution in [0.2, 0.25) is 5.02 Å². The Morgan fingerprint density at radius 1 is 1.24 bits per heavy atom. The Morgan fingerprint density at radius 3 is 2.86 bits per heavy atom. The fourth-order valence-electron chi connectivity index (χ4n) is 3.34. The standard InChI is InChI=1S/C18H29ClN2/c1-3-6-15-7-5-11-21(12-10-15)18-13-17(19)9-8-16(18)14-20-4-2/h8-9,13,15,20H,3-7,10-12,14H2,1-2H3. The van der Waals surface area contributed by atoms with E-state index in [0.29, 0.717) is 0 Å². The van der Waals surface area contributed by atoms with E-state index >= 15 is 0 Å². The molecule has 0 saturated carbocycles. The number of anilines is 1. The van der Waals surface area contributed by atoms with Gasteiger partial charge in [0.05, 0.1) is 0 Å². The normalized spacial score (nSPS) is 19.6. The summed E-state index contributed by atoms with van der Waals surface area (Å²) < 4.78 is 0. The first-order chi connectivity index (χ1) is 10.2. The molecule has 21 heavy (non-hydrogen) atoms. The minimum absolute atomic E-state index is 0.847. The van der Waals surface area contributed by atoms with Gasteiger partial charge < -0.3 is 10.2 Å². The number of nitrogens with zero attached hydrogens (tertiary/aromatic N) is 1. The van der Waals surface area contributed by atoms with Gasteiger partial charge in [-0.15, -0.1) is 0 Å². The summed E-state index contributed by atoms with van der Waals surface area (Å²) in [4.78, 5) is 2.55. The third kappa shape index (κ3) is 4.89. The van der Waals surface area contributed by atoms with Gasteiger partial charge in [0.15, 0.2) is 0 Å². The van der Waals surface area contributed by atoms with Gasteiger partial charge in [0.1, 0.15) is 0 Å². The largest absolute Gasteiger partial charge is 0.371 e. The predicted molar refractivity (Wildman–Crippen MR) is 93.3 cm³/mol. The first-order valence-corrected chi connectivity index (χ1v) is 8.86. The maximum Gasteiger partial charge on any atom is 0.0426 e. The minimum Gasteiger partial charge on any atom is -0.371 e. The van der Waals surface area contributed by atoms with Gasteiger partial charge in [-0.2, -0.15) is 0 Å². The highest BCUT2D eigenvalue weighted by molar-refractivity contribution is 6.30. The van der Waals surface area contributed by atoms with E-state index in [1.165, 1.54) is 56.4 Å². The van der Waals surface area contributed by atoms with Gasteiger partial charge in [-0.1, -0.05) is 44.4 Å². The molecule has 1 aromatic carbocycles. The average molecular weight is 309 g/mol. The van der Waals surface area contributed by atoms with Crippen molar-refractivity contribution < 1.29 is 0 Å². The summed E-state index contributed by atoms with van der Waals surface area (Å²) in [6, 6.07) is 6.33. The van der Waals surface area contributed by atoms with Crippen molar-refractivity contribution in [3.05, 3.63) is 28.8 Å². The minimum atomic E-state index is 0.847. The topological polar surface area (TPSA) is 15.3 Å². The van der Waals surface area contributed by atoms with Crippen LogP contribution in [0.3, 0.4) is 0 Å². The van der Waals surface area contributed by atoms with Crippen molar-refractivity contribution in [1.82, 2.24) is 5.32 Å². The second-order valence-corrected chi connectivity index (χ2v) is 6.56. The molecular formula is C18H29ClN2. The summed E-state index contributed by atoms with van der Waals surface area (Å²) in [6.07, 6.45) is 6.70. The molecule has 118 valence electrons. The maximum atomic E-state index is 6.24. The number of halogens is 1. The van der Waals surface area contributed by atoms with Crippen molar-refractivity contribution in [1.29, 1.82) is 0 Å². The third-order valence-corrected chi connectivity index (χ3v) is 4.73. The van der Waals surface area contributed by atoms with Gasteiger partial charge in [-0.25, -0.2) is 0 Å². The molecule has 0 amide bonds. The zero-order valence-electron chi connectivity index (χ0n) is 13.5. The lowest BCUT2D eigenvalue weighted by atomic mass is 9.96. The van der Waals surface area contributed by atoms with Gasteiger partial charge in [0.25, 0.3) is 0 Å². The fraction of sp³-hybridized carbons (Fsp3) is 0.667. The van der Waals surface area contributed by atoms with Crippen LogP contribution >= 0.6 is 11.6 Å². The van der Waals surface area contributed by atoms with Gasteiger partial charge in [-0.3, -0.25) is 0 Å². The van der Waals surface area contributed by atoms with Gasteiger partial charge in [-0.05, 0) is 49.4 Å². The number of hydrogen-bond donors (Lipinski definition) is 1. The fourth-order valence-corrected chi connectivity index (χ4v) is 3.51. The van der Waals surface area contributed by atoms with Crippen LogP contribution in [0, 0.1) is 5.92 Å². The first-order valence-electron chi connectivity index (χ1n) is 8.48. The second-order valence-electron chi connectivity index (χ2n) is 6.13. The molecule has 0 radical (unpaired) electrons. The molecule has 1 atom stereocenters.